The van der Waals surface area contributed by atoms with E-state index in [2.05, 4.69) is 13.8 Å². The van der Waals surface area contributed by atoms with Crippen molar-refractivity contribution in [3.05, 3.63) is 11.6 Å². The average Bonchev–Trinajstić information content (AvgIpc) is 2.66. The molecular formula is C15H22O2. The Morgan fingerprint density at radius 3 is 2.65 bits per heavy atom. The molecule has 0 aromatic rings. The number of rotatable bonds is 0. The van der Waals surface area contributed by atoms with Crippen LogP contribution in [0.5, 0.6) is 0 Å². The molecule has 0 aromatic heterocycles. The molecule has 2 saturated carbocycles. The summed E-state index contributed by atoms with van der Waals surface area (Å²) in [7, 11) is 0. The van der Waals surface area contributed by atoms with Crippen LogP contribution >= 0.6 is 0 Å². The fourth-order valence-corrected chi connectivity index (χ4v) is 4.48. The largest absolute Gasteiger partial charge is 0.386 e. The normalized spacial score (nSPS) is 51.4. The Labute approximate surface area is 103 Å². The molecule has 17 heavy (non-hydrogen) atoms. The van der Waals surface area contributed by atoms with Gasteiger partial charge in [-0.25, -0.2) is 0 Å². The van der Waals surface area contributed by atoms with E-state index in [1.807, 2.05) is 13.8 Å². The van der Waals surface area contributed by atoms with Gasteiger partial charge in [0.1, 0.15) is 0 Å². The van der Waals surface area contributed by atoms with Gasteiger partial charge in [0.15, 0.2) is 5.78 Å². The standard InChI is InChI=1S/C15H22O2/c1-8-11(16)7-10-12(8)13-9(14(13,2)3)5-6-15(10,4)17/h7-9,12-13,17H,5-6H2,1-4H3. The molecule has 0 radical (unpaired) electrons. The molecule has 0 heterocycles. The maximum absolute atomic E-state index is 11.9. The fraction of sp³-hybridized carbons (Fsp3) is 0.800. The second kappa shape index (κ2) is 3.03. The minimum atomic E-state index is -0.755. The number of carbonyl (C=O) groups excluding carboxylic acids is 1. The van der Waals surface area contributed by atoms with Crippen LogP contribution in [0.2, 0.25) is 0 Å². The molecular weight excluding hydrogens is 212 g/mol. The monoisotopic (exact) mass is 234 g/mol. The van der Waals surface area contributed by atoms with E-state index in [0.717, 1.165) is 18.4 Å². The lowest BCUT2D eigenvalue weighted by Crippen LogP contribution is -2.31. The highest BCUT2D eigenvalue weighted by Gasteiger charge is 2.66. The van der Waals surface area contributed by atoms with Crippen molar-refractivity contribution < 1.29 is 9.90 Å². The predicted molar refractivity (Wildman–Crippen MR) is 66.4 cm³/mol. The van der Waals surface area contributed by atoms with Crippen LogP contribution in [0, 0.1) is 29.1 Å². The number of hydrogen-bond donors (Lipinski definition) is 1. The summed E-state index contributed by atoms with van der Waals surface area (Å²) in [5.74, 6) is 1.87. The molecule has 0 bridgehead atoms. The van der Waals surface area contributed by atoms with Gasteiger partial charge in [0.2, 0.25) is 0 Å². The molecule has 2 fully saturated rings. The highest BCUT2D eigenvalue weighted by atomic mass is 16.3. The van der Waals surface area contributed by atoms with Gasteiger partial charge in [0.25, 0.3) is 0 Å². The number of aliphatic hydroxyl groups is 1. The van der Waals surface area contributed by atoms with Gasteiger partial charge >= 0.3 is 0 Å². The minimum absolute atomic E-state index is 0.0730. The fourth-order valence-electron chi connectivity index (χ4n) is 4.48. The highest BCUT2D eigenvalue weighted by Crippen LogP contribution is 2.69. The molecule has 2 heteroatoms. The summed E-state index contributed by atoms with van der Waals surface area (Å²) in [6.45, 7) is 8.54. The zero-order chi connectivity index (χ0) is 12.6. The van der Waals surface area contributed by atoms with Crippen LogP contribution in [0.15, 0.2) is 11.6 Å². The molecule has 0 saturated heterocycles. The Hall–Kier alpha value is -0.630. The summed E-state index contributed by atoms with van der Waals surface area (Å²) in [4.78, 5) is 11.9. The molecule has 3 aliphatic carbocycles. The third kappa shape index (κ3) is 1.33. The van der Waals surface area contributed by atoms with Crippen LogP contribution in [0.25, 0.3) is 0 Å². The van der Waals surface area contributed by atoms with E-state index in [0.29, 0.717) is 23.2 Å². The molecule has 0 aliphatic heterocycles. The van der Waals surface area contributed by atoms with Crippen LogP contribution in [-0.2, 0) is 4.79 Å². The van der Waals surface area contributed by atoms with Crippen molar-refractivity contribution in [1.82, 2.24) is 0 Å². The molecule has 94 valence electrons. The van der Waals surface area contributed by atoms with Crippen molar-refractivity contribution in [2.75, 3.05) is 0 Å². The van der Waals surface area contributed by atoms with Crippen molar-refractivity contribution >= 4 is 5.78 Å². The lowest BCUT2D eigenvalue weighted by atomic mass is 9.78. The van der Waals surface area contributed by atoms with Crippen LogP contribution in [0.3, 0.4) is 0 Å². The highest BCUT2D eigenvalue weighted by molar-refractivity contribution is 5.96. The summed E-state index contributed by atoms with van der Waals surface area (Å²) in [6.07, 6.45) is 3.64. The van der Waals surface area contributed by atoms with Crippen molar-refractivity contribution in [2.24, 2.45) is 29.1 Å². The lowest BCUT2D eigenvalue weighted by molar-refractivity contribution is -0.118. The first-order valence-electron chi connectivity index (χ1n) is 6.75. The van der Waals surface area contributed by atoms with E-state index in [1.54, 1.807) is 6.08 Å². The first-order chi connectivity index (χ1) is 7.77. The number of hydrogen-bond acceptors (Lipinski definition) is 2. The summed E-state index contributed by atoms with van der Waals surface area (Å²) in [6, 6.07) is 0. The second-order valence-corrected chi connectivity index (χ2v) is 7.08. The maximum Gasteiger partial charge on any atom is 0.159 e. The van der Waals surface area contributed by atoms with E-state index in [4.69, 9.17) is 0 Å². The van der Waals surface area contributed by atoms with Gasteiger partial charge in [0.05, 0.1) is 5.60 Å². The molecule has 0 amide bonds. The van der Waals surface area contributed by atoms with Crippen molar-refractivity contribution in [2.45, 2.75) is 46.1 Å². The number of fused-ring (bicyclic) bond motifs is 3. The van der Waals surface area contributed by atoms with Crippen LogP contribution in [0.4, 0.5) is 0 Å². The average molecular weight is 234 g/mol. The summed E-state index contributed by atoms with van der Waals surface area (Å²) >= 11 is 0. The summed E-state index contributed by atoms with van der Waals surface area (Å²) in [5.41, 5.74) is 0.626. The van der Waals surface area contributed by atoms with E-state index in [9.17, 15) is 9.90 Å². The molecule has 2 nitrogen and oxygen atoms in total. The van der Waals surface area contributed by atoms with E-state index < -0.39 is 5.60 Å². The Morgan fingerprint density at radius 1 is 1.35 bits per heavy atom. The van der Waals surface area contributed by atoms with Gasteiger partial charge in [-0.05, 0) is 54.6 Å². The van der Waals surface area contributed by atoms with Crippen LogP contribution < -0.4 is 0 Å². The summed E-state index contributed by atoms with van der Waals surface area (Å²) in [5, 5.41) is 10.5. The third-order valence-electron chi connectivity index (χ3n) is 5.73. The van der Waals surface area contributed by atoms with Gasteiger partial charge in [0, 0.05) is 5.92 Å². The van der Waals surface area contributed by atoms with Crippen LogP contribution in [-0.4, -0.2) is 16.5 Å². The quantitative estimate of drug-likeness (QED) is 0.699. The molecule has 5 atom stereocenters. The number of ketones is 1. The lowest BCUT2D eigenvalue weighted by Gasteiger charge is -2.30. The Balaban J connectivity index is 2.05. The van der Waals surface area contributed by atoms with Crippen LogP contribution in [0.1, 0.15) is 40.5 Å². The van der Waals surface area contributed by atoms with Gasteiger partial charge in [-0.1, -0.05) is 20.8 Å². The van der Waals surface area contributed by atoms with E-state index in [1.165, 1.54) is 0 Å². The number of allylic oxidation sites excluding steroid dienone is 1. The zero-order valence-corrected chi connectivity index (χ0v) is 11.2. The van der Waals surface area contributed by atoms with Gasteiger partial charge in [-0.2, -0.15) is 0 Å². The van der Waals surface area contributed by atoms with Gasteiger partial charge in [-0.3, -0.25) is 4.79 Å². The van der Waals surface area contributed by atoms with Crippen molar-refractivity contribution in [3.63, 3.8) is 0 Å². The minimum Gasteiger partial charge on any atom is -0.386 e. The molecule has 5 unspecified atom stereocenters. The molecule has 3 rings (SSSR count). The Kier molecular flexibility index (Phi) is 2.04. The molecule has 0 spiro atoms. The third-order valence-corrected chi connectivity index (χ3v) is 5.73. The first-order valence-corrected chi connectivity index (χ1v) is 6.75. The topological polar surface area (TPSA) is 37.3 Å². The second-order valence-electron chi connectivity index (χ2n) is 7.08. The smallest absolute Gasteiger partial charge is 0.159 e. The molecule has 3 aliphatic rings. The molecule has 0 aromatic carbocycles. The Bertz CT molecular complexity index is 417. The summed E-state index contributed by atoms with van der Waals surface area (Å²) < 4.78 is 0. The zero-order valence-electron chi connectivity index (χ0n) is 11.2. The SMILES string of the molecule is CC1C(=O)C=C2C1C1C(CCC2(C)O)C1(C)C. The van der Waals surface area contributed by atoms with E-state index in [-0.39, 0.29) is 11.7 Å². The maximum atomic E-state index is 11.9. The predicted octanol–water partition coefficient (Wildman–Crippen LogP) is 2.56. The van der Waals surface area contributed by atoms with E-state index >= 15 is 0 Å². The molecule has 1 N–H and O–H groups in total. The van der Waals surface area contributed by atoms with Crippen molar-refractivity contribution in [1.29, 1.82) is 0 Å². The Morgan fingerprint density at radius 2 is 2.00 bits per heavy atom. The number of carbonyl (C=O) groups is 1. The van der Waals surface area contributed by atoms with Crippen molar-refractivity contribution in [3.8, 4) is 0 Å². The first kappa shape index (κ1) is 11.5. The van der Waals surface area contributed by atoms with Gasteiger partial charge in [-0.15, -0.1) is 0 Å². The van der Waals surface area contributed by atoms with Gasteiger partial charge < -0.3 is 5.11 Å².